The summed E-state index contributed by atoms with van der Waals surface area (Å²) in [5, 5.41) is 52.8. The summed E-state index contributed by atoms with van der Waals surface area (Å²) in [7, 11) is 0. The van der Waals surface area contributed by atoms with Crippen LogP contribution >= 0.6 is 0 Å². The molecule has 0 saturated heterocycles. The van der Waals surface area contributed by atoms with Gasteiger partial charge >= 0.3 is 5.97 Å². The number of aliphatic hydroxyl groups is 5. The van der Waals surface area contributed by atoms with E-state index in [1.807, 2.05) is 0 Å². The van der Waals surface area contributed by atoms with Crippen LogP contribution in [0.5, 0.6) is 0 Å². The molecule has 18 heavy (non-hydrogen) atoms. The lowest BCUT2D eigenvalue weighted by molar-refractivity contribution is -0.154. The van der Waals surface area contributed by atoms with Gasteiger partial charge in [0.1, 0.15) is 18.3 Å². The highest BCUT2D eigenvalue weighted by atomic mass is 16.4. The maximum absolute atomic E-state index is 11.2. The molecule has 9 heteroatoms. The standard InChI is InChI=1S/C9H14O9/c10-2-5(13)7(15)8(16)6(14)3(11)1-4(12)9(17)18/h4-5,7-8,10,12-13,15-16H,1-2H2,(H,17,18)/t4?,5-,7-,8-/m1/s1. The number of aliphatic hydroxyl groups excluding tert-OH is 5. The molecule has 0 aromatic heterocycles. The lowest BCUT2D eigenvalue weighted by Crippen LogP contribution is -2.46. The molecular formula is C9H14O9. The summed E-state index contributed by atoms with van der Waals surface area (Å²) < 4.78 is 0. The predicted octanol–water partition coefficient (Wildman–Crippen LogP) is -3.96. The second kappa shape index (κ2) is 7.13. The normalized spacial score (nSPS) is 17.6. The van der Waals surface area contributed by atoms with E-state index in [4.69, 9.17) is 25.5 Å². The van der Waals surface area contributed by atoms with Gasteiger partial charge in [-0.3, -0.25) is 9.59 Å². The van der Waals surface area contributed by atoms with E-state index in [-0.39, 0.29) is 0 Å². The Labute approximate surface area is 101 Å². The molecule has 0 bridgehead atoms. The Morgan fingerprint density at radius 1 is 1.00 bits per heavy atom. The largest absolute Gasteiger partial charge is 0.479 e. The van der Waals surface area contributed by atoms with E-state index in [0.29, 0.717) is 0 Å². The molecule has 0 radical (unpaired) electrons. The molecule has 0 heterocycles. The van der Waals surface area contributed by atoms with Crippen LogP contribution in [-0.4, -0.2) is 79.2 Å². The van der Waals surface area contributed by atoms with Crippen LogP contribution in [-0.2, 0) is 14.4 Å². The van der Waals surface area contributed by atoms with Gasteiger partial charge < -0.3 is 30.6 Å². The molecule has 0 fully saturated rings. The van der Waals surface area contributed by atoms with Gasteiger partial charge in [0.2, 0.25) is 11.6 Å². The van der Waals surface area contributed by atoms with Crippen LogP contribution in [0.1, 0.15) is 6.42 Å². The first-order valence-corrected chi connectivity index (χ1v) is 4.85. The molecular weight excluding hydrogens is 252 g/mol. The molecule has 104 valence electrons. The molecule has 6 N–H and O–H groups in total. The SMILES string of the molecule is O=C(CC(O)C(=O)O)C(=O)[C@@H](O)[C@H](O)[C@H](O)CO. The zero-order valence-electron chi connectivity index (χ0n) is 9.13. The predicted molar refractivity (Wildman–Crippen MR) is 53.4 cm³/mol. The minimum atomic E-state index is -2.30. The second-order valence-corrected chi connectivity index (χ2v) is 3.53. The molecule has 0 aliphatic carbocycles. The topological polar surface area (TPSA) is 173 Å². The molecule has 0 aromatic rings. The van der Waals surface area contributed by atoms with E-state index in [1.54, 1.807) is 0 Å². The zero-order chi connectivity index (χ0) is 14.5. The Morgan fingerprint density at radius 2 is 1.50 bits per heavy atom. The monoisotopic (exact) mass is 266 g/mol. The van der Waals surface area contributed by atoms with E-state index in [0.717, 1.165) is 0 Å². The van der Waals surface area contributed by atoms with E-state index in [2.05, 4.69) is 0 Å². The van der Waals surface area contributed by atoms with Crippen molar-refractivity contribution in [3.63, 3.8) is 0 Å². The number of carbonyl (C=O) groups is 3. The fourth-order valence-electron chi connectivity index (χ4n) is 1.00. The second-order valence-electron chi connectivity index (χ2n) is 3.53. The zero-order valence-corrected chi connectivity index (χ0v) is 9.13. The van der Waals surface area contributed by atoms with Crippen molar-refractivity contribution < 1.29 is 45.0 Å². The molecule has 0 aromatic carbocycles. The number of ketones is 2. The van der Waals surface area contributed by atoms with Gasteiger partial charge in [0.25, 0.3) is 0 Å². The van der Waals surface area contributed by atoms with Crippen LogP contribution in [0.3, 0.4) is 0 Å². The Morgan fingerprint density at radius 3 is 1.89 bits per heavy atom. The van der Waals surface area contributed by atoms with E-state index >= 15 is 0 Å². The first-order valence-electron chi connectivity index (χ1n) is 4.85. The summed E-state index contributed by atoms with van der Waals surface area (Å²) in [6, 6.07) is 0. The molecule has 0 aliphatic rings. The van der Waals surface area contributed by atoms with Gasteiger partial charge in [0.15, 0.2) is 6.10 Å². The van der Waals surface area contributed by atoms with Gasteiger partial charge in [-0.15, -0.1) is 0 Å². The smallest absolute Gasteiger partial charge is 0.333 e. The molecule has 1 unspecified atom stereocenters. The van der Waals surface area contributed by atoms with Gasteiger partial charge in [0.05, 0.1) is 13.0 Å². The number of hydrogen-bond acceptors (Lipinski definition) is 8. The third-order valence-corrected chi connectivity index (χ3v) is 2.11. The van der Waals surface area contributed by atoms with Gasteiger partial charge in [-0.1, -0.05) is 0 Å². The number of Topliss-reactive ketones (excluding diaryl/α,β-unsaturated/α-hetero) is 2. The van der Waals surface area contributed by atoms with Crippen LogP contribution in [0.15, 0.2) is 0 Å². The lowest BCUT2D eigenvalue weighted by atomic mass is 9.99. The fourth-order valence-corrected chi connectivity index (χ4v) is 1.00. The van der Waals surface area contributed by atoms with E-state index < -0.39 is 55.0 Å². The number of aliphatic carboxylic acids is 1. The minimum absolute atomic E-state index is 0.947. The molecule has 0 rings (SSSR count). The van der Waals surface area contributed by atoms with E-state index in [1.165, 1.54) is 0 Å². The molecule has 0 aliphatic heterocycles. The fraction of sp³-hybridized carbons (Fsp3) is 0.667. The number of carboxylic acid groups (broad SMARTS) is 1. The third-order valence-electron chi connectivity index (χ3n) is 2.11. The average molecular weight is 266 g/mol. The number of carbonyl (C=O) groups excluding carboxylic acids is 2. The van der Waals surface area contributed by atoms with Crippen LogP contribution in [0.25, 0.3) is 0 Å². The first-order chi connectivity index (χ1) is 8.22. The van der Waals surface area contributed by atoms with Crippen molar-refractivity contribution >= 4 is 17.5 Å². The van der Waals surface area contributed by atoms with Crippen LogP contribution in [0, 0.1) is 0 Å². The molecule has 0 spiro atoms. The maximum atomic E-state index is 11.2. The number of hydrogen-bond donors (Lipinski definition) is 6. The van der Waals surface area contributed by atoms with E-state index in [9.17, 15) is 19.5 Å². The van der Waals surface area contributed by atoms with Crippen molar-refractivity contribution in [2.24, 2.45) is 0 Å². The summed E-state index contributed by atoms with van der Waals surface area (Å²) in [6.45, 7) is -0.947. The Hall–Kier alpha value is -1.39. The molecule has 0 saturated carbocycles. The number of carboxylic acids is 1. The van der Waals surface area contributed by atoms with Gasteiger partial charge in [-0.2, -0.15) is 0 Å². The average Bonchev–Trinajstić information content (AvgIpc) is 2.34. The summed E-state index contributed by atoms with van der Waals surface area (Å²) in [5.41, 5.74) is 0. The highest BCUT2D eigenvalue weighted by molar-refractivity contribution is 6.39. The lowest BCUT2D eigenvalue weighted by Gasteiger charge is -2.19. The Balaban J connectivity index is 4.55. The first kappa shape index (κ1) is 16.6. The van der Waals surface area contributed by atoms with Gasteiger partial charge in [-0.25, -0.2) is 4.79 Å². The Bertz CT molecular complexity index is 326. The maximum Gasteiger partial charge on any atom is 0.333 e. The van der Waals surface area contributed by atoms with Crippen LogP contribution < -0.4 is 0 Å². The summed E-state index contributed by atoms with van der Waals surface area (Å²) >= 11 is 0. The highest BCUT2D eigenvalue weighted by Crippen LogP contribution is 2.05. The summed E-state index contributed by atoms with van der Waals surface area (Å²) in [5.74, 6) is -4.70. The van der Waals surface area contributed by atoms with Crippen molar-refractivity contribution in [2.45, 2.75) is 30.8 Å². The molecule has 9 nitrogen and oxygen atoms in total. The van der Waals surface area contributed by atoms with Crippen molar-refractivity contribution in [1.82, 2.24) is 0 Å². The molecule has 0 amide bonds. The Kier molecular flexibility index (Phi) is 6.58. The summed E-state index contributed by atoms with van der Waals surface area (Å²) in [4.78, 5) is 32.6. The van der Waals surface area contributed by atoms with Crippen molar-refractivity contribution in [3.8, 4) is 0 Å². The van der Waals surface area contributed by atoms with Crippen molar-refractivity contribution in [1.29, 1.82) is 0 Å². The van der Waals surface area contributed by atoms with Crippen LogP contribution in [0.2, 0.25) is 0 Å². The van der Waals surface area contributed by atoms with Crippen molar-refractivity contribution in [3.05, 3.63) is 0 Å². The third kappa shape index (κ3) is 4.47. The van der Waals surface area contributed by atoms with Crippen LogP contribution in [0.4, 0.5) is 0 Å². The van der Waals surface area contributed by atoms with Crippen molar-refractivity contribution in [2.75, 3.05) is 6.61 Å². The number of rotatable bonds is 8. The highest BCUT2D eigenvalue weighted by Gasteiger charge is 2.34. The van der Waals surface area contributed by atoms with Gasteiger partial charge in [-0.05, 0) is 0 Å². The summed E-state index contributed by atoms with van der Waals surface area (Å²) in [6.07, 6.45) is -9.39. The minimum Gasteiger partial charge on any atom is -0.479 e. The quantitative estimate of drug-likeness (QED) is 0.239. The van der Waals surface area contributed by atoms with Gasteiger partial charge in [0, 0.05) is 0 Å². The molecule has 4 atom stereocenters.